The summed E-state index contributed by atoms with van der Waals surface area (Å²) in [5.74, 6) is -0.306. The first-order valence-corrected chi connectivity index (χ1v) is 14.8. The standard InChI is InChI=1S/C29H45N7O5/c1-6-33(7-2)27-30-20-24(36(10-5)28(39)34(8-3)9-4)25(32-27)31-23(26(37)38)19-21-13-15-22(16-14-21)41-29(40)35-17-11-12-18-35/h13-15,20,22-23H,6-12,16-19H2,1-5H3,(H,37,38)(H,30,31,32)/t22?,23-/m0/s1. The Morgan fingerprint density at radius 2 is 1.76 bits per heavy atom. The number of carbonyl (C=O) groups excluding carboxylic acids is 2. The summed E-state index contributed by atoms with van der Waals surface area (Å²) in [4.78, 5) is 54.3. The van der Waals surface area contributed by atoms with Crippen LogP contribution in [0.1, 0.15) is 60.3 Å². The van der Waals surface area contributed by atoms with Crippen LogP contribution in [0.25, 0.3) is 0 Å². The summed E-state index contributed by atoms with van der Waals surface area (Å²) in [6, 6.07) is -1.21. The van der Waals surface area contributed by atoms with Crippen LogP contribution in [0.2, 0.25) is 0 Å². The van der Waals surface area contributed by atoms with Crippen molar-refractivity contribution in [2.24, 2.45) is 0 Å². The molecule has 0 saturated carbocycles. The number of carboxylic acids is 1. The lowest BCUT2D eigenvalue weighted by molar-refractivity contribution is -0.137. The van der Waals surface area contributed by atoms with E-state index in [1.54, 1.807) is 27.0 Å². The number of amides is 3. The zero-order valence-electron chi connectivity index (χ0n) is 25.0. The number of allylic oxidation sites excluding steroid dienone is 1. The Bertz CT molecular complexity index is 1110. The second-order valence-corrected chi connectivity index (χ2v) is 10.0. The van der Waals surface area contributed by atoms with Gasteiger partial charge in [0, 0.05) is 58.7 Å². The molecule has 2 N–H and O–H groups in total. The third-order valence-electron chi connectivity index (χ3n) is 7.48. The van der Waals surface area contributed by atoms with Crippen molar-refractivity contribution in [3.05, 3.63) is 30.0 Å². The summed E-state index contributed by atoms with van der Waals surface area (Å²) in [7, 11) is 0. The molecular formula is C29H45N7O5. The number of ether oxygens (including phenoxy) is 1. The van der Waals surface area contributed by atoms with Crippen molar-refractivity contribution >= 4 is 35.5 Å². The number of aromatic nitrogens is 2. The predicted octanol–water partition coefficient (Wildman–Crippen LogP) is 4.35. The van der Waals surface area contributed by atoms with Gasteiger partial charge in [-0.25, -0.2) is 19.4 Å². The second kappa shape index (κ2) is 15.2. The average molecular weight is 572 g/mol. The van der Waals surface area contributed by atoms with Crippen molar-refractivity contribution in [2.75, 3.05) is 60.9 Å². The van der Waals surface area contributed by atoms with Crippen molar-refractivity contribution < 1.29 is 24.2 Å². The molecule has 2 atom stereocenters. The molecule has 3 rings (SSSR count). The van der Waals surface area contributed by atoms with E-state index < -0.39 is 12.0 Å². The number of carbonyl (C=O) groups is 3. The molecule has 0 radical (unpaired) electrons. The van der Waals surface area contributed by atoms with Gasteiger partial charge in [0.1, 0.15) is 17.8 Å². The monoisotopic (exact) mass is 571 g/mol. The minimum atomic E-state index is -1.05. The van der Waals surface area contributed by atoms with Gasteiger partial charge in [-0.15, -0.1) is 0 Å². The summed E-state index contributed by atoms with van der Waals surface area (Å²) < 4.78 is 5.60. The van der Waals surface area contributed by atoms with E-state index >= 15 is 0 Å². The van der Waals surface area contributed by atoms with Crippen LogP contribution in [0, 0.1) is 0 Å². The molecule has 41 heavy (non-hydrogen) atoms. The lowest BCUT2D eigenvalue weighted by Crippen LogP contribution is -2.44. The fourth-order valence-corrected chi connectivity index (χ4v) is 4.99. The number of anilines is 3. The molecule has 0 aromatic carbocycles. The smallest absolute Gasteiger partial charge is 0.410 e. The molecular weight excluding hydrogens is 526 g/mol. The highest BCUT2D eigenvalue weighted by Gasteiger charge is 2.28. The molecule has 2 aliphatic rings. The average Bonchev–Trinajstić information content (AvgIpc) is 3.52. The molecule has 1 aliphatic heterocycles. The highest BCUT2D eigenvalue weighted by atomic mass is 16.6. The lowest BCUT2D eigenvalue weighted by atomic mass is 9.98. The number of nitrogens with one attached hydrogen (secondary N) is 1. The molecule has 1 unspecified atom stereocenters. The van der Waals surface area contributed by atoms with Crippen LogP contribution in [-0.4, -0.2) is 101 Å². The Morgan fingerprint density at radius 1 is 1.07 bits per heavy atom. The van der Waals surface area contributed by atoms with Crippen molar-refractivity contribution in [3.63, 3.8) is 0 Å². The maximum Gasteiger partial charge on any atom is 0.410 e. The fraction of sp³-hybridized carbons (Fsp3) is 0.621. The summed E-state index contributed by atoms with van der Waals surface area (Å²) in [6.45, 7) is 13.9. The number of carboxylic acid groups (broad SMARTS) is 1. The number of urea groups is 1. The van der Waals surface area contributed by atoms with Gasteiger partial charge in [-0.3, -0.25) is 4.90 Å². The van der Waals surface area contributed by atoms with Gasteiger partial charge in [0.2, 0.25) is 5.95 Å². The molecule has 3 amide bonds. The number of hydrogen-bond acceptors (Lipinski definition) is 8. The van der Waals surface area contributed by atoms with E-state index in [1.807, 2.05) is 51.7 Å². The molecule has 1 saturated heterocycles. The van der Waals surface area contributed by atoms with Crippen LogP contribution in [0.4, 0.5) is 27.0 Å². The Morgan fingerprint density at radius 3 is 2.29 bits per heavy atom. The Hall–Kier alpha value is -3.83. The molecule has 12 nitrogen and oxygen atoms in total. The molecule has 0 spiro atoms. The van der Waals surface area contributed by atoms with E-state index in [0.29, 0.717) is 50.8 Å². The van der Waals surface area contributed by atoms with Crippen LogP contribution in [-0.2, 0) is 9.53 Å². The molecule has 1 aromatic rings. The summed E-state index contributed by atoms with van der Waals surface area (Å²) in [5.41, 5.74) is 1.23. The van der Waals surface area contributed by atoms with Gasteiger partial charge in [0.25, 0.3) is 0 Å². The SMILES string of the molecule is CCN(CC)C(=O)N(CC)c1cnc(N(CC)CC)nc1N[C@@H](CC1=CCC(OC(=O)N2CCCC2)C=C1)C(=O)O. The van der Waals surface area contributed by atoms with Crippen molar-refractivity contribution in [1.82, 2.24) is 19.8 Å². The Labute approximate surface area is 243 Å². The number of nitrogens with zero attached hydrogens (tertiary/aromatic N) is 6. The van der Waals surface area contributed by atoms with Gasteiger partial charge in [0.15, 0.2) is 5.82 Å². The zero-order chi connectivity index (χ0) is 29.9. The molecule has 1 aromatic heterocycles. The van der Waals surface area contributed by atoms with Gasteiger partial charge in [-0.05, 0) is 59.1 Å². The molecule has 1 aliphatic carbocycles. The number of likely N-dealkylation sites (tertiary alicyclic amines) is 1. The maximum absolute atomic E-state index is 13.3. The number of rotatable bonds is 13. The molecule has 1 fully saturated rings. The van der Waals surface area contributed by atoms with E-state index in [9.17, 15) is 19.5 Å². The largest absolute Gasteiger partial charge is 0.480 e. The van der Waals surface area contributed by atoms with Gasteiger partial charge >= 0.3 is 18.1 Å². The van der Waals surface area contributed by atoms with Crippen molar-refractivity contribution in [3.8, 4) is 0 Å². The summed E-state index contributed by atoms with van der Waals surface area (Å²) >= 11 is 0. The number of aliphatic carboxylic acids is 1. The van der Waals surface area contributed by atoms with Crippen LogP contribution in [0.15, 0.2) is 30.0 Å². The first-order valence-electron chi connectivity index (χ1n) is 14.8. The van der Waals surface area contributed by atoms with Gasteiger partial charge in [0.05, 0.1) is 6.20 Å². The van der Waals surface area contributed by atoms with E-state index in [-0.39, 0.29) is 30.5 Å². The predicted molar refractivity (Wildman–Crippen MR) is 160 cm³/mol. The number of hydrogen-bond donors (Lipinski definition) is 2. The Balaban J connectivity index is 1.82. The quantitative estimate of drug-likeness (QED) is 0.355. The fourth-order valence-electron chi connectivity index (χ4n) is 4.99. The van der Waals surface area contributed by atoms with Gasteiger partial charge in [-0.1, -0.05) is 12.2 Å². The van der Waals surface area contributed by atoms with Crippen LogP contribution >= 0.6 is 0 Å². The highest BCUT2D eigenvalue weighted by molar-refractivity contribution is 5.95. The van der Waals surface area contributed by atoms with Crippen LogP contribution < -0.4 is 15.1 Å². The maximum atomic E-state index is 13.3. The highest BCUT2D eigenvalue weighted by Crippen LogP contribution is 2.29. The van der Waals surface area contributed by atoms with E-state index in [1.165, 1.54) is 0 Å². The van der Waals surface area contributed by atoms with E-state index in [4.69, 9.17) is 9.72 Å². The first kappa shape index (κ1) is 31.7. The second-order valence-electron chi connectivity index (χ2n) is 10.0. The van der Waals surface area contributed by atoms with E-state index in [2.05, 4.69) is 10.3 Å². The molecule has 0 bridgehead atoms. The zero-order valence-corrected chi connectivity index (χ0v) is 25.0. The minimum absolute atomic E-state index is 0.179. The summed E-state index contributed by atoms with van der Waals surface area (Å²) in [5, 5.41) is 13.3. The molecule has 226 valence electrons. The van der Waals surface area contributed by atoms with Crippen molar-refractivity contribution in [2.45, 2.75) is 72.4 Å². The van der Waals surface area contributed by atoms with Crippen molar-refractivity contribution in [1.29, 1.82) is 0 Å². The van der Waals surface area contributed by atoms with Crippen LogP contribution in [0.5, 0.6) is 0 Å². The van der Waals surface area contributed by atoms with Gasteiger partial charge in [-0.2, -0.15) is 4.98 Å². The van der Waals surface area contributed by atoms with E-state index in [0.717, 1.165) is 31.5 Å². The van der Waals surface area contributed by atoms with Gasteiger partial charge < -0.3 is 29.9 Å². The molecule has 12 heteroatoms. The summed E-state index contributed by atoms with van der Waals surface area (Å²) in [6.07, 6.45) is 9.07. The van der Waals surface area contributed by atoms with Crippen LogP contribution in [0.3, 0.4) is 0 Å². The third kappa shape index (κ3) is 8.11. The third-order valence-corrected chi connectivity index (χ3v) is 7.48. The minimum Gasteiger partial charge on any atom is -0.480 e. The topological polar surface area (TPSA) is 131 Å². The Kier molecular flexibility index (Phi) is 11.8. The normalized spacial score (nSPS) is 17.0. The lowest BCUT2D eigenvalue weighted by Gasteiger charge is -2.30. The first-order chi connectivity index (χ1) is 19.8. The molecule has 2 heterocycles.